The lowest BCUT2D eigenvalue weighted by molar-refractivity contribution is -0.116. The molecular formula is C16H19Cl2NO2. The molecule has 1 aliphatic rings. The molecule has 1 amide bonds. The Bertz CT molecular complexity index is 511. The van der Waals surface area contributed by atoms with Crippen LogP contribution in [0.4, 0.5) is 0 Å². The van der Waals surface area contributed by atoms with Crippen LogP contribution in [0.3, 0.4) is 0 Å². The first kappa shape index (κ1) is 16.3. The summed E-state index contributed by atoms with van der Waals surface area (Å²) in [7, 11) is 0. The molecule has 2 rings (SSSR count). The van der Waals surface area contributed by atoms with Gasteiger partial charge in [0.05, 0.1) is 6.10 Å². The second-order valence-electron chi connectivity index (χ2n) is 5.33. The van der Waals surface area contributed by atoms with Crippen LogP contribution in [0, 0.1) is 5.92 Å². The van der Waals surface area contributed by atoms with Crippen LogP contribution in [-0.2, 0) is 4.79 Å². The molecule has 1 aliphatic carbocycles. The highest BCUT2D eigenvalue weighted by atomic mass is 35.5. The van der Waals surface area contributed by atoms with E-state index in [1.165, 1.54) is 6.08 Å². The molecule has 2 atom stereocenters. The Kier molecular flexibility index (Phi) is 6.09. The minimum Gasteiger partial charge on any atom is -0.393 e. The van der Waals surface area contributed by atoms with E-state index < -0.39 is 0 Å². The molecule has 0 spiro atoms. The molecule has 5 heteroatoms. The van der Waals surface area contributed by atoms with Crippen LogP contribution in [0.2, 0.25) is 10.0 Å². The molecule has 1 aromatic carbocycles. The SMILES string of the molecule is O=C(C=Cc1c(Cl)cccc1Cl)NCC1CCCCC1O. The van der Waals surface area contributed by atoms with Gasteiger partial charge in [-0.1, -0.05) is 42.1 Å². The first-order valence-corrected chi connectivity index (χ1v) is 7.91. The van der Waals surface area contributed by atoms with Crippen LogP contribution in [0.25, 0.3) is 6.08 Å². The van der Waals surface area contributed by atoms with Crippen molar-refractivity contribution in [1.29, 1.82) is 0 Å². The van der Waals surface area contributed by atoms with Crippen LogP contribution in [-0.4, -0.2) is 23.7 Å². The molecule has 0 aromatic heterocycles. The van der Waals surface area contributed by atoms with Gasteiger partial charge >= 0.3 is 0 Å². The van der Waals surface area contributed by atoms with Gasteiger partial charge in [-0.3, -0.25) is 4.79 Å². The number of amides is 1. The second-order valence-corrected chi connectivity index (χ2v) is 6.14. The third-order valence-electron chi connectivity index (χ3n) is 3.81. The first-order valence-electron chi connectivity index (χ1n) is 7.16. The normalized spacial score (nSPS) is 22.4. The smallest absolute Gasteiger partial charge is 0.244 e. The highest BCUT2D eigenvalue weighted by Crippen LogP contribution is 2.25. The van der Waals surface area contributed by atoms with Crippen molar-refractivity contribution in [2.75, 3.05) is 6.54 Å². The van der Waals surface area contributed by atoms with E-state index in [9.17, 15) is 9.90 Å². The topological polar surface area (TPSA) is 49.3 Å². The lowest BCUT2D eigenvalue weighted by Crippen LogP contribution is -2.36. The quantitative estimate of drug-likeness (QED) is 0.829. The summed E-state index contributed by atoms with van der Waals surface area (Å²) in [6.45, 7) is 0.501. The lowest BCUT2D eigenvalue weighted by Gasteiger charge is -2.27. The summed E-state index contributed by atoms with van der Waals surface area (Å²) in [6, 6.07) is 5.21. The minimum absolute atomic E-state index is 0.153. The van der Waals surface area contributed by atoms with Crippen LogP contribution in [0.1, 0.15) is 31.2 Å². The summed E-state index contributed by atoms with van der Waals surface area (Å²) in [5.41, 5.74) is 0.633. The van der Waals surface area contributed by atoms with Gasteiger partial charge in [0.15, 0.2) is 0 Å². The average molecular weight is 328 g/mol. The van der Waals surface area contributed by atoms with Crippen molar-refractivity contribution in [3.8, 4) is 0 Å². The van der Waals surface area contributed by atoms with Crippen LogP contribution < -0.4 is 5.32 Å². The largest absolute Gasteiger partial charge is 0.393 e. The maximum atomic E-state index is 11.8. The molecule has 1 aromatic rings. The van der Waals surface area contributed by atoms with Gasteiger partial charge in [0.25, 0.3) is 0 Å². The highest BCUT2D eigenvalue weighted by molar-refractivity contribution is 6.37. The number of aliphatic hydroxyl groups is 1. The number of carbonyl (C=O) groups is 1. The van der Waals surface area contributed by atoms with E-state index in [4.69, 9.17) is 23.2 Å². The number of hydrogen-bond donors (Lipinski definition) is 2. The molecular weight excluding hydrogens is 309 g/mol. The predicted octanol–water partition coefficient (Wildman–Crippen LogP) is 3.67. The van der Waals surface area contributed by atoms with E-state index >= 15 is 0 Å². The van der Waals surface area contributed by atoms with Gasteiger partial charge in [0.2, 0.25) is 5.91 Å². The molecule has 0 saturated heterocycles. The van der Waals surface area contributed by atoms with Gasteiger partial charge in [-0.2, -0.15) is 0 Å². The number of rotatable bonds is 4. The third-order valence-corrected chi connectivity index (χ3v) is 4.47. The van der Waals surface area contributed by atoms with Crippen molar-refractivity contribution in [3.63, 3.8) is 0 Å². The van der Waals surface area contributed by atoms with E-state index in [-0.39, 0.29) is 17.9 Å². The Labute approximate surface area is 134 Å². The molecule has 21 heavy (non-hydrogen) atoms. The molecule has 1 saturated carbocycles. The van der Waals surface area contributed by atoms with Crippen molar-refractivity contribution < 1.29 is 9.90 Å². The van der Waals surface area contributed by atoms with E-state index in [2.05, 4.69) is 5.32 Å². The number of halogens is 2. The second kappa shape index (κ2) is 7.83. The Morgan fingerprint density at radius 1 is 1.29 bits per heavy atom. The monoisotopic (exact) mass is 327 g/mol. The summed E-state index contributed by atoms with van der Waals surface area (Å²) >= 11 is 12.1. The van der Waals surface area contributed by atoms with Crippen molar-refractivity contribution >= 4 is 35.2 Å². The maximum Gasteiger partial charge on any atom is 0.244 e. The Hall–Kier alpha value is -1.03. The van der Waals surface area contributed by atoms with Crippen molar-refractivity contribution in [2.45, 2.75) is 31.8 Å². The Morgan fingerprint density at radius 2 is 1.95 bits per heavy atom. The Morgan fingerprint density at radius 3 is 2.62 bits per heavy atom. The fourth-order valence-corrected chi connectivity index (χ4v) is 3.07. The summed E-state index contributed by atoms with van der Waals surface area (Å²) in [4.78, 5) is 11.8. The fraction of sp³-hybridized carbons (Fsp3) is 0.438. The number of nitrogens with one attached hydrogen (secondary N) is 1. The van der Waals surface area contributed by atoms with E-state index in [0.717, 1.165) is 25.7 Å². The van der Waals surface area contributed by atoms with Gasteiger partial charge in [-0.25, -0.2) is 0 Å². The van der Waals surface area contributed by atoms with Gasteiger partial charge in [0, 0.05) is 34.1 Å². The summed E-state index contributed by atoms with van der Waals surface area (Å²) in [6.07, 6.45) is 6.69. The minimum atomic E-state index is -0.305. The molecule has 3 nitrogen and oxygen atoms in total. The van der Waals surface area contributed by atoms with E-state index in [0.29, 0.717) is 22.2 Å². The lowest BCUT2D eigenvalue weighted by atomic mass is 9.86. The van der Waals surface area contributed by atoms with Gasteiger partial charge < -0.3 is 10.4 Å². The maximum absolute atomic E-state index is 11.8. The van der Waals surface area contributed by atoms with Gasteiger partial charge in [0.1, 0.15) is 0 Å². The molecule has 0 aliphatic heterocycles. The summed E-state index contributed by atoms with van der Waals surface area (Å²) < 4.78 is 0. The number of hydrogen-bond acceptors (Lipinski definition) is 2. The van der Waals surface area contributed by atoms with Crippen LogP contribution in [0.15, 0.2) is 24.3 Å². The summed E-state index contributed by atoms with van der Waals surface area (Å²) in [5, 5.41) is 13.7. The zero-order chi connectivity index (χ0) is 15.2. The van der Waals surface area contributed by atoms with Crippen molar-refractivity contribution in [1.82, 2.24) is 5.32 Å². The predicted molar refractivity (Wildman–Crippen MR) is 86.5 cm³/mol. The molecule has 0 heterocycles. The number of carbonyl (C=O) groups excluding carboxylic acids is 1. The van der Waals surface area contributed by atoms with Gasteiger partial charge in [-0.15, -0.1) is 0 Å². The van der Waals surface area contributed by atoms with Crippen molar-refractivity contribution in [3.05, 3.63) is 39.9 Å². The van der Waals surface area contributed by atoms with Crippen molar-refractivity contribution in [2.24, 2.45) is 5.92 Å². The zero-order valence-corrected chi connectivity index (χ0v) is 13.2. The fourth-order valence-electron chi connectivity index (χ4n) is 2.55. The zero-order valence-electron chi connectivity index (χ0n) is 11.7. The van der Waals surface area contributed by atoms with Crippen LogP contribution in [0.5, 0.6) is 0 Å². The molecule has 2 unspecified atom stereocenters. The van der Waals surface area contributed by atoms with E-state index in [1.54, 1.807) is 24.3 Å². The standard InChI is InChI=1S/C16H19Cl2NO2/c17-13-5-3-6-14(18)12(13)8-9-16(21)19-10-11-4-1-2-7-15(11)20/h3,5-6,8-9,11,15,20H,1-2,4,7,10H2,(H,19,21). The average Bonchev–Trinajstić information content (AvgIpc) is 2.46. The molecule has 0 bridgehead atoms. The molecule has 114 valence electrons. The summed E-state index contributed by atoms with van der Waals surface area (Å²) in [5.74, 6) is -0.0521. The molecule has 0 radical (unpaired) electrons. The first-order chi connectivity index (χ1) is 10.1. The third kappa shape index (κ3) is 4.73. The Balaban J connectivity index is 1.88. The van der Waals surface area contributed by atoms with Crippen LogP contribution >= 0.6 is 23.2 Å². The molecule has 1 fully saturated rings. The highest BCUT2D eigenvalue weighted by Gasteiger charge is 2.22. The number of aliphatic hydroxyl groups excluding tert-OH is 1. The molecule has 2 N–H and O–H groups in total. The van der Waals surface area contributed by atoms with Gasteiger partial charge in [-0.05, 0) is 31.1 Å². The van der Waals surface area contributed by atoms with E-state index in [1.807, 2.05) is 0 Å². The number of benzene rings is 1.